The number of rotatable bonds is 1. The normalized spacial score (nSPS) is 11.2. The van der Waals surface area contributed by atoms with Gasteiger partial charge in [0.05, 0.1) is 10.9 Å². The molecule has 2 aromatic carbocycles. The van der Waals surface area contributed by atoms with Gasteiger partial charge in [-0.1, -0.05) is 17.7 Å². The maximum absolute atomic E-state index is 2.33. The molecule has 1 heteroatoms. The second-order valence-corrected chi connectivity index (χ2v) is 6.55. The molecule has 1 aromatic heterocycles. The summed E-state index contributed by atoms with van der Waals surface area (Å²) in [6.45, 7) is 11.0. The van der Waals surface area contributed by atoms with Gasteiger partial charge in [0.25, 0.3) is 0 Å². The van der Waals surface area contributed by atoms with Crippen LogP contribution >= 0.6 is 0 Å². The highest BCUT2D eigenvalue weighted by Gasteiger charge is 2.18. The number of aryl methyl sites for hydroxylation is 5. The number of aromatic nitrogens is 1. The maximum atomic E-state index is 2.33. The van der Waals surface area contributed by atoms with Crippen LogP contribution in [0, 0.1) is 34.6 Å². The summed E-state index contributed by atoms with van der Waals surface area (Å²) in [6.07, 6.45) is 2.17. The summed E-state index contributed by atoms with van der Waals surface area (Å²) >= 11 is 0. The highest BCUT2D eigenvalue weighted by atomic mass is 14.9. The van der Waals surface area contributed by atoms with Crippen LogP contribution in [0.2, 0.25) is 0 Å². The van der Waals surface area contributed by atoms with E-state index in [-0.39, 0.29) is 0 Å². The van der Waals surface area contributed by atoms with Gasteiger partial charge in [-0.15, -0.1) is 0 Å². The van der Waals surface area contributed by atoms with E-state index in [1.54, 1.807) is 0 Å². The van der Waals surface area contributed by atoms with Crippen LogP contribution in [-0.2, 0) is 7.05 Å². The molecule has 0 fully saturated rings. The molecule has 0 unspecified atom stereocenters. The number of hydrogen-bond acceptors (Lipinski definition) is 0. The second kappa shape index (κ2) is 5.24. The van der Waals surface area contributed by atoms with Crippen molar-refractivity contribution in [2.75, 3.05) is 0 Å². The van der Waals surface area contributed by atoms with Gasteiger partial charge < -0.3 is 0 Å². The Morgan fingerprint density at radius 1 is 0.773 bits per heavy atom. The van der Waals surface area contributed by atoms with Crippen molar-refractivity contribution >= 4 is 10.8 Å². The summed E-state index contributed by atoms with van der Waals surface area (Å²) in [5, 5.41) is 2.65. The van der Waals surface area contributed by atoms with Gasteiger partial charge in [-0.2, -0.15) is 0 Å². The summed E-state index contributed by atoms with van der Waals surface area (Å²) in [7, 11) is 2.14. The Kier molecular flexibility index (Phi) is 3.52. The van der Waals surface area contributed by atoms with E-state index in [1.807, 2.05) is 0 Å². The summed E-state index contributed by atoms with van der Waals surface area (Å²) < 4.78 is 2.25. The lowest BCUT2D eigenvalue weighted by molar-refractivity contribution is -0.659. The van der Waals surface area contributed by atoms with Crippen LogP contribution in [0.25, 0.3) is 22.0 Å². The van der Waals surface area contributed by atoms with E-state index in [0.717, 1.165) is 0 Å². The van der Waals surface area contributed by atoms with Crippen molar-refractivity contribution < 1.29 is 4.57 Å². The molecule has 0 amide bonds. The number of nitrogens with zero attached hydrogens (tertiary/aromatic N) is 1. The molecule has 1 nitrogen and oxygen atoms in total. The zero-order valence-electron chi connectivity index (χ0n) is 14.4. The first-order valence-electron chi connectivity index (χ1n) is 7.86. The third-order valence-electron chi connectivity index (χ3n) is 4.82. The molecule has 1 heterocycles. The van der Waals surface area contributed by atoms with E-state index in [2.05, 4.69) is 82.8 Å². The van der Waals surface area contributed by atoms with Crippen molar-refractivity contribution in [3.8, 4) is 11.3 Å². The highest BCUT2D eigenvalue weighted by Crippen LogP contribution is 2.31. The lowest BCUT2D eigenvalue weighted by Gasteiger charge is -2.12. The third kappa shape index (κ3) is 2.31. The molecule has 0 saturated carbocycles. The van der Waals surface area contributed by atoms with Gasteiger partial charge in [0.15, 0.2) is 6.20 Å². The molecular formula is C21H24N+. The minimum atomic E-state index is 1.31. The van der Waals surface area contributed by atoms with Gasteiger partial charge >= 0.3 is 0 Å². The van der Waals surface area contributed by atoms with Crippen molar-refractivity contribution in [2.24, 2.45) is 7.05 Å². The molecule has 3 aromatic rings. The monoisotopic (exact) mass is 290 g/mol. The number of fused-ring (bicyclic) bond motifs is 1. The lowest BCUT2D eigenvalue weighted by Crippen LogP contribution is -2.31. The molecule has 22 heavy (non-hydrogen) atoms. The van der Waals surface area contributed by atoms with Gasteiger partial charge in [-0.05, 0) is 74.4 Å². The van der Waals surface area contributed by atoms with E-state index in [1.165, 1.54) is 49.8 Å². The number of pyridine rings is 1. The fourth-order valence-corrected chi connectivity index (χ4v) is 3.26. The summed E-state index contributed by atoms with van der Waals surface area (Å²) in [6, 6.07) is 11.4. The van der Waals surface area contributed by atoms with Crippen molar-refractivity contribution in [3.05, 3.63) is 64.3 Å². The van der Waals surface area contributed by atoms with E-state index in [0.29, 0.717) is 0 Å². The fourth-order valence-electron chi connectivity index (χ4n) is 3.26. The van der Waals surface area contributed by atoms with Gasteiger partial charge in [0.2, 0.25) is 5.69 Å². The van der Waals surface area contributed by atoms with Gasteiger partial charge in [0.1, 0.15) is 7.05 Å². The predicted octanol–water partition coefficient (Wildman–Crippen LogP) is 4.87. The Morgan fingerprint density at radius 3 is 2.18 bits per heavy atom. The van der Waals surface area contributed by atoms with Gasteiger partial charge in [-0.3, -0.25) is 0 Å². The van der Waals surface area contributed by atoms with Crippen LogP contribution < -0.4 is 4.57 Å². The Hall–Kier alpha value is -2.15. The molecule has 0 aliphatic heterocycles. The largest absolute Gasteiger partial charge is 0.220 e. The van der Waals surface area contributed by atoms with Gasteiger partial charge in [0, 0.05) is 6.07 Å². The van der Waals surface area contributed by atoms with Gasteiger partial charge in [-0.25, -0.2) is 4.57 Å². The van der Waals surface area contributed by atoms with Crippen LogP contribution in [0.15, 0.2) is 36.5 Å². The minimum absolute atomic E-state index is 1.31. The van der Waals surface area contributed by atoms with Crippen LogP contribution in [0.4, 0.5) is 0 Å². The smallest absolute Gasteiger partial charge is 0.200 e. The topological polar surface area (TPSA) is 3.88 Å². The van der Waals surface area contributed by atoms with E-state index >= 15 is 0 Å². The fraction of sp³-hybridized carbons (Fsp3) is 0.286. The third-order valence-corrected chi connectivity index (χ3v) is 4.82. The van der Waals surface area contributed by atoms with E-state index in [4.69, 9.17) is 0 Å². The summed E-state index contributed by atoms with van der Waals surface area (Å²) in [5.41, 5.74) is 9.40. The van der Waals surface area contributed by atoms with Crippen LogP contribution in [0.1, 0.15) is 27.8 Å². The first-order valence-corrected chi connectivity index (χ1v) is 7.86. The molecule has 0 aliphatic carbocycles. The van der Waals surface area contributed by atoms with Crippen LogP contribution in [0.3, 0.4) is 0 Å². The Labute approximate surface area is 133 Å². The minimum Gasteiger partial charge on any atom is -0.200 e. The van der Waals surface area contributed by atoms with Crippen molar-refractivity contribution in [1.82, 2.24) is 0 Å². The molecule has 0 aliphatic rings. The number of benzene rings is 2. The Morgan fingerprint density at radius 2 is 1.45 bits per heavy atom. The molecule has 0 N–H and O–H groups in total. The molecule has 0 saturated heterocycles. The predicted molar refractivity (Wildman–Crippen MR) is 94.2 cm³/mol. The Bertz CT molecular complexity index is 888. The quantitative estimate of drug-likeness (QED) is 0.563. The summed E-state index contributed by atoms with van der Waals surface area (Å²) in [4.78, 5) is 0. The molecule has 0 spiro atoms. The standard InChI is InChI=1S/C21H24N/c1-13-9-16(4)17(5)19(10-13)21-20-12-15(3)14(2)11-18(20)7-8-22(21)6/h7-12H,1-6H3/q+1. The second-order valence-electron chi connectivity index (χ2n) is 6.55. The molecule has 0 radical (unpaired) electrons. The first kappa shape index (κ1) is 14.8. The van der Waals surface area contributed by atoms with Crippen molar-refractivity contribution in [1.29, 1.82) is 0 Å². The molecule has 0 bridgehead atoms. The summed E-state index contributed by atoms with van der Waals surface area (Å²) in [5.74, 6) is 0. The Balaban J connectivity index is 2.45. The maximum Gasteiger partial charge on any atom is 0.220 e. The first-order chi connectivity index (χ1) is 10.4. The van der Waals surface area contributed by atoms with E-state index < -0.39 is 0 Å². The number of hydrogen-bond donors (Lipinski definition) is 0. The average molecular weight is 290 g/mol. The molecule has 3 rings (SSSR count). The SMILES string of the molecule is Cc1cc(C)c(C)c(-c2c3cc(C)c(C)cc3cc[n+]2C)c1. The lowest BCUT2D eigenvalue weighted by atomic mass is 9.93. The van der Waals surface area contributed by atoms with E-state index in [9.17, 15) is 0 Å². The average Bonchev–Trinajstić information content (AvgIpc) is 2.45. The zero-order chi connectivity index (χ0) is 16.0. The zero-order valence-corrected chi connectivity index (χ0v) is 14.4. The van der Waals surface area contributed by atoms with Crippen molar-refractivity contribution in [3.63, 3.8) is 0 Å². The van der Waals surface area contributed by atoms with Crippen LogP contribution in [-0.4, -0.2) is 0 Å². The molecule has 0 atom stereocenters. The highest BCUT2D eigenvalue weighted by molar-refractivity contribution is 5.94. The molecule has 112 valence electrons. The molecular weight excluding hydrogens is 266 g/mol. The van der Waals surface area contributed by atoms with Crippen LogP contribution in [0.5, 0.6) is 0 Å². The van der Waals surface area contributed by atoms with Crippen molar-refractivity contribution in [2.45, 2.75) is 34.6 Å².